The summed E-state index contributed by atoms with van der Waals surface area (Å²) in [7, 11) is 0. The minimum atomic E-state index is 0.443. The fraction of sp³-hybridized carbons (Fsp3) is 0. The first kappa shape index (κ1) is 13.0. The van der Waals surface area contributed by atoms with E-state index in [0.717, 1.165) is 22.0 Å². The summed E-state index contributed by atoms with van der Waals surface area (Å²) in [6.07, 6.45) is 1.76. The second-order valence-corrected chi connectivity index (χ2v) is 5.23. The van der Waals surface area contributed by atoms with Crippen LogP contribution >= 0.6 is 11.6 Å². The van der Waals surface area contributed by atoms with Crippen molar-refractivity contribution < 1.29 is 4.42 Å². The van der Waals surface area contributed by atoms with Crippen LogP contribution in [0.3, 0.4) is 0 Å². The first-order valence-electron chi connectivity index (χ1n) is 6.75. The van der Waals surface area contributed by atoms with E-state index < -0.39 is 0 Å². The van der Waals surface area contributed by atoms with Crippen molar-refractivity contribution >= 4 is 22.5 Å². The van der Waals surface area contributed by atoms with Gasteiger partial charge < -0.3 is 4.42 Å². The SMILES string of the molecule is Clc1cccc(-c2nnc(-c3cccc4ncccc34)o2)c1. The maximum absolute atomic E-state index is 6.00. The standard InChI is InChI=1S/C17H10ClN3O/c18-12-5-1-4-11(10-12)16-20-21-17(22-16)14-6-2-8-15-13(14)7-3-9-19-15/h1-10H. The minimum Gasteiger partial charge on any atom is -0.416 e. The van der Waals surface area contributed by atoms with Crippen LogP contribution in [0.1, 0.15) is 0 Å². The van der Waals surface area contributed by atoms with Crippen molar-refractivity contribution in [3.8, 4) is 22.9 Å². The Labute approximate surface area is 131 Å². The van der Waals surface area contributed by atoms with E-state index in [1.54, 1.807) is 18.3 Å². The molecular formula is C17H10ClN3O. The highest BCUT2D eigenvalue weighted by Crippen LogP contribution is 2.29. The van der Waals surface area contributed by atoms with E-state index in [2.05, 4.69) is 15.2 Å². The van der Waals surface area contributed by atoms with Crippen LogP contribution in [0, 0.1) is 0 Å². The van der Waals surface area contributed by atoms with Gasteiger partial charge in [-0.25, -0.2) is 0 Å². The zero-order valence-electron chi connectivity index (χ0n) is 11.4. The van der Waals surface area contributed by atoms with E-state index in [0.29, 0.717) is 16.8 Å². The van der Waals surface area contributed by atoms with Crippen molar-refractivity contribution in [2.24, 2.45) is 0 Å². The van der Waals surface area contributed by atoms with Crippen LogP contribution in [0.25, 0.3) is 33.8 Å². The van der Waals surface area contributed by atoms with Gasteiger partial charge >= 0.3 is 0 Å². The number of rotatable bonds is 2. The predicted molar refractivity (Wildman–Crippen MR) is 85.5 cm³/mol. The van der Waals surface area contributed by atoms with Gasteiger partial charge in [-0.15, -0.1) is 10.2 Å². The Balaban J connectivity index is 1.84. The third kappa shape index (κ3) is 2.23. The lowest BCUT2D eigenvalue weighted by atomic mass is 10.1. The van der Waals surface area contributed by atoms with E-state index >= 15 is 0 Å². The third-order valence-electron chi connectivity index (χ3n) is 3.37. The van der Waals surface area contributed by atoms with Crippen LogP contribution in [-0.2, 0) is 0 Å². The molecular weight excluding hydrogens is 298 g/mol. The van der Waals surface area contributed by atoms with Crippen LogP contribution in [0.5, 0.6) is 0 Å². The smallest absolute Gasteiger partial charge is 0.248 e. The number of nitrogens with zero attached hydrogens (tertiary/aromatic N) is 3. The van der Waals surface area contributed by atoms with Gasteiger partial charge in [0, 0.05) is 27.7 Å². The molecule has 0 amide bonds. The van der Waals surface area contributed by atoms with Gasteiger partial charge in [-0.05, 0) is 36.4 Å². The lowest BCUT2D eigenvalue weighted by Crippen LogP contribution is -1.83. The fourth-order valence-corrected chi connectivity index (χ4v) is 2.55. The molecule has 0 saturated carbocycles. The molecule has 0 radical (unpaired) electrons. The van der Waals surface area contributed by atoms with Crippen LogP contribution in [-0.4, -0.2) is 15.2 Å². The van der Waals surface area contributed by atoms with Gasteiger partial charge in [0.2, 0.25) is 11.8 Å². The number of halogens is 1. The molecule has 0 N–H and O–H groups in total. The number of hydrogen-bond donors (Lipinski definition) is 0. The van der Waals surface area contributed by atoms with E-state index in [9.17, 15) is 0 Å². The normalized spacial score (nSPS) is 11.0. The van der Waals surface area contributed by atoms with Crippen molar-refractivity contribution in [1.29, 1.82) is 0 Å². The molecule has 4 aromatic rings. The Hall–Kier alpha value is -2.72. The number of fused-ring (bicyclic) bond motifs is 1. The molecule has 0 spiro atoms. The average molecular weight is 308 g/mol. The Morgan fingerprint density at radius 3 is 2.64 bits per heavy atom. The summed E-state index contributed by atoms with van der Waals surface area (Å²) in [4.78, 5) is 4.34. The predicted octanol–water partition coefficient (Wildman–Crippen LogP) is 4.61. The summed E-state index contributed by atoms with van der Waals surface area (Å²) in [5.74, 6) is 0.909. The molecule has 0 aliphatic carbocycles. The van der Waals surface area contributed by atoms with E-state index in [1.165, 1.54) is 0 Å². The third-order valence-corrected chi connectivity index (χ3v) is 3.61. The van der Waals surface area contributed by atoms with Gasteiger partial charge in [0.15, 0.2) is 0 Å². The first-order chi connectivity index (χ1) is 10.8. The van der Waals surface area contributed by atoms with Crippen molar-refractivity contribution in [1.82, 2.24) is 15.2 Å². The topological polar surface area (TPSA) is 51.8 Å². The number of benzene rings is 2. The number of aromatic nitrogens is 3. The molecule has 0 bridgehead atoms. The number of pyridine rings is 1. The molecule has 0 unspecified atom stereocenters. The Morgan fingerprint density at radius 1 is 0.864 bits per heavy atom. The van der Waals surface area contributed by atoms with E-state index in [-0.39, 0.29) is 0 Å². The molecule has 0 atom stereocenters. The summed E-state index contributed by atoms with van der Waals surface area (Å²) in [6, 6.07) is 17.0. The van der Waals surface area contributed by atoms with Gasteiger partial charge in [0.25, 0.3) is 0 Å². The van der Waals surface area contributed by atoms with Crippen LogP contribution in [0.4, 0.5) is 0 Å². The lowest BCUT2D eigenvalue weighted by molar-refractivity contribution is 0.585. The Morgan fingerprint density at radius 2 is 1.73 bits per heavy atom. The molecule has 0 aliphatic rings. The zero-order valence-corrected chi connectivity index (χ0v) is 12.2. The van der Waals surface area contributed by atoms with Gasteiger partial charge in [-0.1, -0.05) is 29.8 Å². The van der Waals surface area contributed by atoms with E-state index in [1.807, 2.05) is 42.5 Å². The second-order valence-electron chi connectivity index (χ2n) is 4.80. The van der Waals surface area contributed by atoms with Crippen LogP contribution in [0.15, 0.2) is 65.2 Å². The fourth-order valence-electron chi connectivity index (χ4n) is 2.36. The quantitative estimate of drug-likeness (QED) is 0.543. The highest BCUT2D eigenvalue weighted by atomic mass is 35.5. The number of hydrogen-bond acceptors (Lipinski definition) is 4. The van der Waals surface area contributed by atoms with E-state index in [4.69, 9.17) is 16.0 Å². The van der Waals surface area contributed by atoms with Crippen molar-refractivity contribution in [2.45, 2.75) is 0 Å². The molecule has 5 heteroatoms. The maximum atomic E-state index is 6.00. The molecule has 22 heavy (non-hydrogen) atoms. The molecule has 4 nitrogen and oxygen atoms in total. The summed E-state index contributed by atoms with van der Waals surface area (Å²) in [5.41, 5.74) is 2.55. The summed E-state index contributed by atoms with van der Waals surface area (Å²) < 4.78 is 5.81. The Bertz CT molecular complexity index is 959. The zero-order chi connectivity index (χ0) is 14.9. The van der Waals surface area contributed by atoms with Gasteiger partial charge in [0.05, 0.1) is 5.52 Å². The maximum Gasteiger partial charge on any atom is 0.248 e. The molecule has 4 rings (SSSR count). The molecule has 2 heterocycles. The van der Waals surface area contributed by atoms with Gasteiger partial charge in [-0.2, -0.15) is 0 Å². The van der Waals surface area contributed by atoms with Gasteiger partial charge in [-0.3, -0.25) is 4.98 Å². The summed E-state index contributed by atoms with van der Waals surface area (Å²) in [6.45, 7) is 0. The lowest BCUT2D eigenvalue weighted by Gasteiger charge is -2.01. The van der Waals surface area contributed by atoms with Crippen molar-refractivity contribution in [3.05, 3.63) is 65.8 Å². The van der Waals surface area contributed by atoms with Crippen LogP contribution < -0.4 is 0 Å². The summed E-state index contributed by atoms with van der Waals surface area (Å²) >= 11 is 6.00. The second kappa shape index (κ2) is 5.24. The molecule has 0 aliphatic heterocycles. The molecule has 2 aromatic carbocycles. The highest BCUT2D eigenvalue weighted by Gasteiger charge is 2.13. The summed E-state index contributed by atoms with van der Waals surface area (Å²) in [5, 5.41) is 9.88. The molecule has 0 fully saturated rings. The van der Waals surface area contributed by atoms with Crippen molar-refractivity contribution in [2.75, 3.05) is 0 Å². The van der Waals surface area contributed by atoms with Crippen molar-refractivity contribution in [3.63, 3.8) is 0 Å². The highest BCUT2D eigenvalue weighted by molar-refractivity contribution is 6.30. The largest absolute Gasteiger partial charge is 0.416 e. The monoisotopic (exact) mass is 307 g/mol. The molecule has 0 saturated heterocycles. The molecule has 106 valence electrons. The first-order valence-corrected chi connectivity index (χ1v) is 7.12. The minimum absolute atomic E-state index is 0.443. The molecule has 2 aromatic heterocycles. The Kier molecular flexibility index (Phi) is 3.09. The van der Waals surface area contributed by atoms with Crippen LogP contribution in [0.2, 0.25) is 5.02 Å². The van der Waals surface area contributed by atoms with Gasteiger partial charge in [0.1, 0.15) is 0 Å². The average Bonchev–Trinajstić information content (AvgIpc) is 3.04.